The van der Waals surface area contributed by atoms with Crippen molar-refractivity contribution in [2.24, 2.45) is 11.0 Å². The van der Waals surface area contributed by atoms with Gasteiger partial charge in [0.15, 0.2) is 11.5 Å². The lowest BCUT2D eigenvalue weighted by molar-refractivity contribution is -0.133. The molecule has 2 aromatic carbocycles. The largest absolute Gasteiger partial charge is 0.493 e. The van der Waals surface area contributed by atoms with E-state index in [1.54, 1.807) is 26.2 Å². The van der Waals surface area contributed by atoms with E-state index < -0.39 is 6.09 Å². The summed E-state index contributed by atoms with van der Waals surface area (Å²) >= 11 is 0. The van der Waals surface area contributed by atoms with Crippen molar-refractivity contribution in [3.8, 4) is 11.5 Å². The first-order chi connectivity index (χ1) is 17.5. The molecule has 1 unspecified atom stereocenters. The minimum atomic E-state index is -0.493. The number of nitrogens with zero attached hydrogens (tertiary/aromatic N) is 2. The van der Waals surface area contributed by atoms with Crippen LogP contribution in [0, 0.1) is 5.92 Å². The van der Waals surface area contributed by atoms with Crippen LogP contribution in [-0.2, 0) is 16.1 Å². The van der Waals surface area contributed by atoms with Gasteiger partial charge in [0.05, 0.1) is 32.1 Å². The summed E-state index contributed by atoms with van der Waals surface area (Å²) in [6.07, 6.45) is 5.43. The number of benzene rings is 2. The minimum Gasteiger partial charge on any atom is -0.493 e. The molecule has 8 heteroatoms. The number of hydrazone groups is 1. The van der Waals surface area contributed by atoms with Crippen molar-refractivity contribution in [2.45, 2.75) is 65.0 Å². The molecule has 1 fully saturated rings. The third-order valence-corrected chi connectivity index (χ3v) is 6.68. The first kappa shape index (κ1) is 25.5. The Hall–Kier alpha value is -3.55. The van der Waals surface area contributed by atoms with E-state index in [2.05, 4.69) is 12.2 Å². The molecule has 0 spiro atoms. The molecule has 0 bridgehead atoms. The van der Waals surface area contributed by atoms with Crippen LogP contribution in [0.3, 0.4) is 0 Å². The number of anilines is 1. The van der Waals surface area contributed by atoms with Gasteiger partial charge in [0.25, 0.3) is 0 Å². The first-order valence-electron chi connectivity index (χ1n) is 12.8. The van der Waals surface area contributed by atoms with Crippen LogP contribution in [0.25, 0.3) is 0 Å². The summed E-state index contributed by atoms with van der Waals surface area (Å²) in [6, 6.07) is 13.2. The zero-order valence-electron chi connectivity index (χ0n) is 21.3. The van der Waals surface area contributed by atoms with Crippen molar-refractivity contribution in [1.29, 1.82) is 0 Å². The maximum absolute atomic E-state index is 12.9. The van der Waals surface area contributed by atoms with Crippen molar-refractivity contribution >= 4 is 23.4 Å². The number of carbonyl (C=O) groups excluding carboxylic acids is 2. The van der Waals surface area contributed by atoms with Crippen LogP contribution in [0.5, 0.6) is 11.5 Å². The SMILES string of the molecule is CCOC(=O)Nc1ccc(CN2N=C(c3ccc(OC)c(OC4CCCC4)c3)C(CC)CC2=O)cc1. The molecule has 2 aliphatic rings. The molecule has 36 heavy (non-hydrogen) atoms. The highest BCUT2D eigenvalue weighted by atomic mass is 16.5. The monoisotopic (exact) mass is 493 g/mol. The van der Waals surface area contributed by atoms with Crippen LogP contribution in [-0.4, -0.2) is 42.5 Å². The maximum Gasteiger partial charge on any atom is 0.411 e. The maximum atomic E-state index is 12.9. The molecule has 1 N–H and O–H groups in total. The van der Waals surface area contributed by atoms with Gasteiger partial charge >= 0.3 is 6.09 Å². The van der Waals surface area contributed by atoms with Gasteiger partial charge in [0.1, 0.15) is 0 Å². The molecule has 2 aromatic rings. The second-order valence-corrected chi connectivity index (χ2v) is 9.18. The summed E-state index contributed by atoms with van der Waals surface area (Å²) in [6.45, 7) is 4.49. The Morgan fingerprint density at radius 1 is 1.08 bits per heavy atom. The number of amides is 2. The molecule has 1 atom stereocenters. The van der Waals surface area contributed by atoms with E-state index in [1.807, 2.05) is 30.3 Å². The Morgan fingerprint density at radius 3 is 2.50 bits per heavy atom. The molecule has 2 amide bonds. The molecule has 192 valence electrons. The number of ether oxygens (including phenoxy) is 3. The molecular weight excluding hydrogens is 458 g/mol. The topological polar surface area (TPSA) is 89.5 Å². The van der Waals surface area contributed by atoms with Crippen molar-refractivity contribution in [3.63, 3.8) is 0 Å². The first-order valence-corrected chi connectivity index (χ1v) is 12.8. The van der Waals surface area contributed by atoms with Gasteiger partial charge in [0, 0.05) is 23.6 Å². The molecule has 1 aliphatic carbocycles. The van der Waals surface area contributed by atoms with Crippen molar-refractivity contribution in [1.82, 2.24) is 5.01 Å². The second-order valence-electron chi connectivity index (χ2n) is 9.18. The number of hydrogen-bond donors (Lipinski definition) is 1. The summed E-state index contributed by atoms with van der Waals surface area (Å²) in [7, 11) is 1.65. The fourth-order valence-electron chi connectivity index (χ4n) is 4.70. The molecule has 4 rings (SSSR count). The van der Waals surface area contributed by atoms with Crippen LogP contribution in [0.4, 0.5) is 10.5 Å². The highest BCUT2D eigenvalue weighted by Crippen LogP contribution is 2.34. The molecule has 0 saturated heterocycles. The normalized spacial score (nSPS) is 18.1. The van der Waals surface area contributed by atoms with E-state index in [1.165, 1.54) is 17.9 Å². The van der Waals surface area contributed by atoms with Crippen LogP contribution >= 0.6 is 0 Å². The minimum absolute atomic E-state index is 0.00438. The Balaban J connectivity index is 1.55. The van der Waals surface area contributed by atoms with Gasteiger partial charge in [0.2, 0.25) is 5.91 Å². The fraction of sp³-hybridized carbons (Fsp3) is 0.464. The average Bonchev–Trinajstić information content (AvgIpc) is 3.39. The Labute approximate surface area is 212 Å². The molecule has 0 radical (unpaired) electrons. The summed E-state index contributed by atoms with van der Waals surface area (Å²) in [5.41, 5.74) is 3.37. The van der Waals surface area contributed by atoms with E-state index in [-0.39, 0.29) is 17.9 Å². The average molecular weight is 494 g/mol. The summed E-state index contributed by atoms with van der Waals surface area (Å²) in [5, 5.41) is 9.03. The van der Waals surface area contributed by atoms with E-state index in [9.17, 15) is 9.59 Å². The van der Waals surface area contributed by atoms with Gasteiger partial charge in [-0.2, -0.15) is 5.10 Å². The standard InChI is InChI=1S/C28H35N3O5/c1-4-20-17-26(32)31(18-19-10-13-22(14-11-19)29-28(33)35-5-2)30-27(20)21-12-15-24(34-3)25(16-21)36-23-8-6-7-9-23/h10-16,20,23H,4-9,17-18H2,1-3H3,(H,29,33). The summed E-state index contributed by atoms with van der Waals surface area (Å²) in [4.78, 5) is 24.6. The van der Waals surface area contributed by atoms with Gasteiger partial charge in [-0.3, -0.25) is 10.1 Å². The molecule has 1 heterocycles. The third-order valence-electron chi connectivity index (χ3n) is 6.68. The van der Waals surface area contributed by atoms with Crippen molar-refractivity contribution in [2.75, 3.05) is 19.0 Å². The number of methoxy groups -OCH3 is 1. The molecular formula is C28H35N3O5. The lowest BCUT2D eigenvalue weighted by atomic mass is 9.89. The lowest BCUT2D eigenvalue weighted by Gasteiger charge is -2.29. The van der Waals surface area contributed by atoms with E-state index in [4.69, 9.17) is 19.3 Å². The van der Waals surface area contributed by atoms with Gasteiger partial charge < -0.3 is 14.2 Å². The van der Waals surface area contributed by atoms with E-state index in [0.29, 0.717) is 31.0 Å². The number of hydrogen-bond acceptors (Lipinski definition) is 6. The van der Waals surface area contributed by atoms with E-state index in [0.717, 1.165) is 41.9 Å². The third kappa shape index (κ3) is 6.17. The number of nitrogens with one attached hydrogen (secondary N) is 1. The Morgan fingerprint density at radius 2 is 1.83 bits per heavy atom. The van der Waals surface area contributed by atoms with Crippen molar-refractivity contribution < 1.29 is 23.8 Å². The number of carbonyl (C=O) groups is 2. The van der Waals surface area contributed by atoms with Crippen LogP contribution in [0.1, 0.15) is 63.5 Å². The zero-order valence-corrected chi connectivity index (χ0v) is 21.3. The summed E-state index contributed by atoms with van der Waals surface area (Å²) < 4.78 is 16.8. The highest BCUT2D eigenvalue weighted by Gasteiger charge is 2.30. The van der Waals surface area contributed by atoms with Gasteiger partial charge in [-0.05, 0) is 74.9 Å². The molecule has 8 nitrogen and oxygen atoms in total. The quantitative estimate of drug-likeness (QED) is 0.481. The molecule has 1 aliphatic heterocycles. The fourth-order valence-corrected chi connectivity index (χ4v) is 4.70. The Kier molecular flexibility index (Phi) is 8.46. The van der Waals surface area contributed by atoms with Gasteiger partial charge in [-0.15, -0.1) is 0 Å². The highest BCUT2D eigenvalue weighted by molar-refractivity contribution is 6.06. The zero-order chi connectivity index (χ0) is 25.5. The van der Waals surface area contributed by atoms with Crippen LogP contribution < -0.4 is 14.8 Å². The predicted molar refractivity (Wildman–Crippen MR) is 138 cm³/mol. The molecule has 0 aromatic heterocycles. The smallest absolute Gasteiger partial charge is 0.411 e. The van der Waals surface area contributed by atoms with Gasteiger partial charge in [-0.25, -0.2) is 9.80 Å². The second kappa shape index (κ2) is 11.9. The lowest BCUT2D eigenvalue weighted by Crippen LogP contribution is -2.36. The predicted octanol–water partition coefficient (Wildman–Crippen LogP) is 5.75. The van der Waals surface area contributed by atoms with Gasteiger partial charge in [-0.1, -0.05) is 19.1 Å². The number of rotatable bonds is 9. The van der Waals surface area contributed by atoms with E-state index >= 15 is 0 Å². The Bertz CT molecular complexity index is 1090. The van der Waals surface area contributed by atoms with Crippen molar-refractivity contribution in [3.05, 3.63) is 53.6 Å². The van der Waals surface area contributed by atoms with Crippen LogP contribution in [0.15, 0.2) is 47.6 Å². The van der Waals surface area contributed by atoms with Crippen LogP contribution in [0.2, 0.25) is 0 Å². The summed E-state index contributed by atoms with van der Waals surface area (Å²) in [5.74, 6) is 1.47. The molecule has 1 saturated carbocycles.